The highest BCUT2D eigenvalue weighted by atomic mass is 17.2. The largest absolute Gasteiger partial charge is 0.394 e. The van der Waals surface area contributed by atoms with Gasteiger partial charge in [0.25, 0.3) is 5.56 Å². The molecule has 2 rings (SSSR count). The molecule has 0 amide bonds. The van der Waals surface area contributed by atoms with Crippen LogP contribution in [0.1, 0.15) is 6.23 Å². The Kier molecular flexibility index (Phi) is 4.12. The van der Waals surface area contributed by atoms with Crippen LogP contribution in [0.3, 0.4) is 0 Å². The molecule has 19 heavy (non-hydrogen) atoms. The minimum absolute atomic E-state index is 0.445. The lowest BCUT2D eigenvalue weighted by Crippen LogP contribution is -2.39. The molecule has 4 atom stereocenters. The van der Waals surface area contributed by atoms with Gasteiger partial charge in [-0.1, -0.05) is 0 Å². The fraction of sp³-hybridized carbons (Fsp3) is 0.600. The van der Waals surface area contributed by atoms with Gasteiger partial charge in [-0.2, -0.15) is 0 Å². The fourth-order valence-corrected chi connectivity index (χ4v) is 1.94. The molecular weight excluding hydrogens is 260 g/mol. The number of aromatic nitrogens is 2. The first kappa shape index (κ1) is 13.9. The second kappa shape index (κ2) is 5.63. The Morgan fingerprint density at radius 2 is 2.26 bits per heavy atom. The average Bonchev–Trinajstić information content (AvgIpc) is 2.68. The van der Waals surface area contributed by atoms with Gasteiger partial charge >= 0.3 is 5.69 Å². The van der Waals surface area contributed by atoms with Gasteiger partial charge in [0.05, 0.1) is 13.7 Å². The van der Waals surface area contributed by atoms with Crippen LogP contribution in [0.2, 0.25) is 0 Å². The van der Waals surface area contributed by atoms with Crippen LogP contribution in [0.5, 0.6) is 0 Å². The number of hydrogen-bond acceptors (Lipinski definition) is 7. The molecule has 0 unspecified atom stereocenters. The standard InChI is InChI=1S/C10H14N2O7/c1-17-19-8-7(15)5(4-13)18-9(8)12-3-2-6(14)11-10(12)16/h2-3,5,7-9,13,15H,4H2,1H3,(H,11,14,16)/t5-,7-,8-,9-/m1/s1. The lowest BCUT2D eigenvalue weighted by molar-refractivity contribution is -0.327. The van der Waals surface area contributed by atoms with E-state index in [4.69, 9.17) is 14.7 Å². The Balaban J connectivity index is 2.36. The van der Waals surface area contributed by atoms with E-state index in [1.165, 1.54) is 13.3 Å². The number of ether oxygens (including phenoxy) is 1. The Hall–Kier alpha value is -1.52. The maximum atomic E-state index is 11.7. The molecule has 0 aliphatic carbocycles. The molecule has 1 saturated heterocycles. The number of H-pyrrole nitrogens is 1. The summed E-state index contributed by atoms with van der Waals surface area (Å²) in [5, 5.41) is 19.0. The molecule has 0 spiro atoms. The van der Waals surface area contributed by atoms with Gasteiger partial charge in [0.1, 0.15) is 12.2 Å². The van der Waals surface area contributed by atoms with E-state index in [1.807, 2.05) is 0 Å². The first-order chi connectivity index (χ1) is 9.08. The summed E-state index contributed by atoms with van der Waals surface area (Å²) in [6.45, 7) is -0.445. The van der Waals surface area contributed by atoms with Gasteiger partial charge in [-0.3, -0.25) is 14.3 Å². The molecule has 0 bridgehead atoms. The van der Waals surface area contributed by atoms with Gasteiger partial charge in [-0.15, -0.1) is 0 Å². The van der Waals surface area contributed by atoms with E-state index < -0.39 is 42.4 Å². The van der Waals surface area contributed by atoms with Crippen molar-refractivity contribution in [3.05, 3.63) is 33.1 Å². The number of aromatic amines is 1. The molecule has 0 radical (unpaired) electrons. The third-order valence-electron chi connectivity index (χ3n) is 2.83. The van der Waals surface area contributed by atoms with E-state index >= 15 is 0 Å². The van der Waals surface area contributed by atoms with Crippen LogP contribution >= 0.6 is 0 Å². The van der Waals surface area contributed by atoms with Crippen molar-refractivity contribution in [1.82, 2.24) is 9.55 Å². The molecule has 9 nitrogen and oxygen atoms in total. The number of aliphatic hydroxyl groups is 2. The summed E-state index contributed by atoms with van der Waals surface area (Å²) in [6.07, 6.45) is -2.90. The van der Waals surface area contributed by atoms with Crippen LogP contribution < -0.4 is 11.2 Å². The van der Waals surface area contributed by atoms with Crippen molar-refractivity contribution in [3.63, 3.8) is 0 Å². The quantitative estimate of drug-likeness (QED) is 0.418. The molecule has 9 heteroatoms. The van der Waals surface area contributed by atoms with Crippen molar-refractivity contribution in [2.45, 2.75) is 24.5 Å². The van der Waals surface area contributed by atoms with Gasteiger partial charge in [0.15, 0.2) is 12.3 Å². The van der Waals surface area contributed by atoms with Gasteiger partial charge < -0.3 is 14.9 Å². The van der Waals surface area contributed by atoms with Crippen molar-refractivity contribution in [3.8, 4) is 0 Å². The zero-order chi connectivity index (χ0) is 14.0. The molecule has 0 aromatic carbocycles. The molecule has 106 valence electrons. The highest BCUT2D eigenvalue weighted by Crippen LogP contribution is 2.30. The molecule has 0 saturated carbocycles. The van der Waals surface area contributed by atoms with E-state index in [0.29, 0.717) is 0 Å². The number of rotatable bonds is 4. The van der Waals surface area contributed by atoms with Gasteiger partial charge in [0, 0.05) is 12.3 Å². The second-order valence-electron chi connectivity index (χ2n) is 3.98. The molecule has 1 aromatic heterocycles. The molecular formula is C10H14N2O7. The van der Waals surface area contributed by atoms with Crippen LogP contribution in [0, 0.1) is 0 Å². The van der Waals surface area contributed by atoms with Gasteiger partial charge in [-0.25, -0.2) is 14.6 Å². The maximum absolute atomic E-state index is 11.7. The van der Waals surface area contributed by atoms with Gasteiger partial charge in [-0.05, 0) is 0 Å². The molecule has 2 heterocycles. The van der Waals surface area contributed by atoms with E-state index in [0.717, 1.165) is 10.6 Å². The molecule has 1 aliphatic rings. The summed E-state index contributed by atoms with van der Waals surface area (Å²) in [4.78, 5) is 34.1. The second-order valence-corrected chi connectivity index (χ2v) is 3.98. The highest BCUT2D eigenvalue weighted by molar-refractivity contribution is 4.93. The lowest BCUT2D eigenvalue weighted by atomic mass is 10.1. The number of nitrogens with one attached hydrogen (secondary N) is 1. The predicted octanol–water partition coefficient (Wildman–Crippen LogP) is -2.27. The predicted molar refractivity (Wildman–Crippen MR) is 60.2 cm³/mol. The van der Waals surface area contributed by atoms with E-state index in [-0.39, 0.29) is 0 Å². The van der Waals surface area contributed by atoms with Crippen molar-refractivity contribution in [2.24, 2.45) is 0 Å². The minimum Gasteiger partial charge on any atom is -0.394 e. The number of hydrogen-bond donors (Lipinski definition) is 3. The minimum atomic E-state index is -1.17. The monoisotopic (exact) mass is 274 g/mol. The Morgan fingerprint density at radius 3 is 2.84 bits per heavy atom. The Morgan fingerprint density at radius 1 is 1.53 bits per heavy atom. The van der Waals surface area contributed by atoms with E-state index in [1.54, 1.807) is 0 Å². The van der Waals surface area contributed by atoms with Crippen molar-refractivity contribution in [2.75, 3.05) is 13.7 Å². The van der Waals surface area contributed by atoms with Crippen LogP contribution in [-0.2, 0) is 14.5 Å². The maximum Gasteiger partial charge on any atom is 0.330 e. The first-order valence-corrected chi connectivity index (χ1v) is 5.53. The fourth-order valence-electron chi connectivity index (χ4n) is 1.94. The van der Waals surface area contributed by atoms with Crippen molar-refractivity contribution >= 4 is 0 Å². The Bertz CT molecular complexity index is 539. The van der Waals surface area contributed by atoms with Crippen LogP contribution in [0.25, 0.3) is 0 Å². The summed E-state index contributed by atoms with van der Waals surface area (Å²) >= 11 is 0. The molecule has 3 N–H and O–H groups in total. The van der Waals surface area contributed by atoms with Crippen LogP contribution in [-0.4, -0.2) is 51.8 Å². The third-order valence-corrected chi connectivity index (χ3v) is 2.83. The average molecular weight is 274 g/mol. The Labute approximate surface area is 106 Å². The number of nitrogens with zero attached hydrogens (tertiary/aromatic N) is 1. The van der Waals surface area contributed by atoms with E-state index in [9.17, 15) is 14.7 Å². The summed E-state index contributed by atoms with van der Waals surface area (Å²) < 4.78 is 6.38. The summed E-state index contributed by atoms with van der Waals surface area (Å²) in [5.74, 6) is 0. The normalized spacial score (nSPS) is 30.7. The zero-order valence-corrected chi connectivity index (χ0v) is 10.1. The van der Waals surface area contributed by atoms with Crippen molar-refractivity contribution < 1.29 is 24.7 Å². The van der Waals surface area contributed by atoms with Gasteiger partial charge in [0.2, 0.25) is 0 Å². The molecule has 1 fully saturated rings. The van der Waals surface area contributed by atoms with Crippen molar-refractivity contribution in [1.29, 1.82) is 0 Å². The topological polar surface area (TPSA) is 123 Å². The first-order valence-electron chi connectivity index (χ1n) is 5.53. The number of aliphatic hydroxyl groups excluding tert-OH is 2. The zero-order valence-electron chi connectivity index (χ0n) is 10.1. The molecule has 1 aliphatic heterocycles. The summed E-state index contributed by atoms with van der Waals surface area (Å²) in [6, 6.07) is 1.13. The third kappa shape index (κ3) is 2.60. The molecule has 1 aromatic rings. The summed E-state index contributed by atoms with van der Waals surface area (Å²) in [5.41, 5.74) is -1.27. The smallest absolute Gasteiger partial charge is 0.330 e. The SMILES string of the molecule is COO[C@@H]1[C@H](O)[C@@H](CO)O[C@H]1n1ccc(=O)[nH]c1=O. The van der Waals surface area contributed by atoms with E-state index in [2.05, 4.69) is 9.87 Å². The lowest BCUT2D eigenvalue weighted by Gasteiger charge is -2.19. The highest BCUT2D eigenvalue weighted by Gasteiger charge is 2.46. The summed E-state index contributed by atoms with van der Waals surface area (Å²) in [7, 11) is 1.24. The van der Waals surface area contributed by atoms with Crippen LogP contribution in [0.4, 0.5) is 0 Å². The van der Waals surface area contributed by atoms with Crippen LogP contribution in [0.15, 0.2) is 21.9 Å².